The highest BCUT2D eigenvalue weighted by atomic mass is 16.5. The van der Waals surface area contributed by atoms with Crippen LogP contribution < -0.4 is 15.0 Å². The monoisotopic (exact) mass is 258 g/mol. The molecular formula is C14H18N4O. The summed E-state index contributed by atoms with van der Waals surface area (Å²) < 4.78 is 7.56. The number of hydrogen-bond donors (Lipinski definition) is 1. The van der Waals surface area contributed by atoms with E-state index in [1.807, 2.05) is 29.9 Å². The van der Waals surface area contributed by atoms with Crippen LogP contribution in [0.3, 0.4) is 0 Å². The normalized spacial score (nSPS) is 15.5. The average molecular weight is 258 g/mol. The van der Waals surface area contributed by atoms with E-state index >= 15 is 0 Å². The second-order valence-electron chi connectivity index (χ2n) is 4.65. The largest absolute Gasteiger partial charge is 0.426 e. The van der Waals surface area contributed by atoms with Crippen molar-refractivity contribution < 1.29 is 4.74 Å². The van der Waals surface area contributed by atoms with Crippen molar-refractivity contribution >= 4 is 5.69 Å². The zero-order chi connectivity index (χ0) is 13.1. The van der Waals surface area contributed by atoms with Crippen LogP contribution in [-0.2, 0) is 7.05 Å². The average Bonchev–Trinajstić information content (AvgIpc) is 2.86. The predicted molar refractivity (Wildman–Crippen MR) is 74.8 cm³/mol. The van der Waals surface area contributed by atoms with Gasteiger partial charge in [0.15, 0.2) is 0 Å². The number of hydrogen-bond acceptors (Lipinski definition) is 4. The summed E-state index contributed by atoms with van der Waals surface area (Å²) in [7, 11) is 1.91. The second kappa shape index (κ2) is 5.32. The van der Waals surface area contributed by atoms with Gasteiger partial charge in [-0.15, -0.1) is 0 Å². The Hall–Kier alpha value is -2.01. The second-order valence-corrected chi connectivity index (χ2v) is 4.65. The molecule has 0 saturated carbocycles. The fourth-order valence-electron chi connectivity index (χ4n) is 2.20. The highest BCUT2D eigenvalue weighted by Crippen LogP contribution is 2.23. The first-order chi connectivity index (χ1) is 9.33. The molecule has 5 nitrogen and oxygen atoms in total. The first kappa shape index (κ1) is 12.0. The summed E-state index contributed by atoms with van der Waals surface area (Å²) in [6, 6.07) is 8.79. The van der Waals surface area contributed by atoms with Gasteiger partial charge in [-0.2, -0.15) is 0 Å². The Bertz CT molecular complexity index is 529. The number of rotatable bonds is 3. The maximum Gasteiger partial charge on any atom is 0.301 e. The number of aromatic nitrogens is 2. The van der Waals surface area contributed by atoms with Gasteiger partial charge < -0.3 is 19.5 Å². The molecule has 1 fully saturated rings. The molecule has 0 spiro atoms. The van der Waals surface area contributed by atoms with Gasteiger partial charge in [-0.1, -0.05) is 0 Å². The number of anilines is 1. The summed E-state index contributed by atoms with van der Waals surface area (Å²) in [5.74, 6) is 0.813. The van der Waals surface area contributed by atoms with Crippen LogP contribution in [0.2, 0.25) is 0 Å². The Morgan fingerprint density at radius 2 is 1.89 bits per heavy atom. The number of nitrogens with one attached hydrogen (secondary N) is 1. The van der Waals surface area contributed by atoms with Crippen molar-refractivity contribution in [3.8, 4) is 11.8 Å². The minimum Gasteiger partial charge on any atom is -0.426 e. The predicted octanol–water partition coefficient (Wildman–Crippen LogP) is 1.62. The van der Waals surface area contributed by atoms with Crippen molar-refractivity contribution in [2.24, 2.45) is 7.05 Å². The molecule has 2 heterocycles. The van der Waals surface area contributed by atoms with Gasteiger partial charge in [0, 0.05) is 51.3 Å². The molecule has 2 aromatic rings. The zero-order valence-electron chi connectivity index (χ0n) is 11.0. The van der Waals surface area contributed by atoms with E-state index in [9.17, 15) is 0 Å². The van der Waals surface area contributed by atoms with Gasteiger partial charge in [-0.25, -0.2) is 4.98 Å². The molecule has 1 aromatic heterocycles. The van der Waals surface area contributed by atoms with E-state index in [1.165, 1.54) is 5.69 Å². The van der Waals surface area contributed by atoms with E-state index in [2.05, 4.69) is 27.3 Å². The molecule has 19 heavy (non-hydrogen) atoms. The summed E-state index contributed by atoms with van der Waals surface area (Å²) in [6.45, 7) is 4.20. The van der Waals surface area contributed by atoms with E-state index < -0.39 is 0 Å². The number of benzene rings is 1. The Morgan fingerprint density at radius 3 is 2.53 bits per heavy atom. The molecule has 0 radical (unpaired) electrons. The molecular weight excluding hydrogens is 240 g/mol. The molecule has 1 aliphatic heterocycles. The minimum atomic E-state index is 0.606. The van der Waals surface area contributed by atoms with Crippen molar-refractivity contribution in [1.29, 1.82) is 0 Å². The molecule has 1 saturated heterocycles. The van der Waals surface area contributed by atoms with Crippen LogP contribution in [0.1, 0.15) is 0 Å². The number of nitrogens with zero attached hydrogens (tertiary/aromatic N) is 3. The summed E-state index contributed by atoms with van der Waals surface area (Å²) in [5.41, 5.74) is 1.24. The van der Waals surface area contributed by atoms with Gasteiger partial charge in [0.1, 0.15) is 5.75 Å². The first-order valence-corrected chi connectivity index (χ1v) is 6.54. The molecule has 0 bridgehead atoms. The molecule has 3 rings (SSSR count). The molecule has 0 amide bonds. The van der Waals surface area contributed by atoms with Gasteiger partial charge in [0.2, 0.25) is 0 Å². The molecule has 0 aliphatic carbocycles. The SMILES string of the molecule is Cn1ccnc1Oc1ccc(N2CCNCC2)cc1. The standard InChI is InChI=1S/C14H18N4O/c1-17-9-8-16-14(17)19-13-4-2-12(3-5-13)18-10-6-15-7-11-18/h2-5,8-9,15H,6-7,10-11H2,1H3. The van der Waals surface area contributed by atoms with Crippen molar-refractivity contribution in [1.82, 2.24) is 14.9 Å². The van der Waals surface area contributed by atoms with Crippen molar-refractivity contribution in [3.05, 3.63) is 36.7 Å². The molecule has 1 N–H and O–H groups in total. The third-order valence-corrected chi connectivity index (χ3v) is 3.30. The molecule has 1 aliphatic rings. The quantitative estimate of drug-likeness (QED) is 0.908. The maximum atomic E-state index is 5.71. The van der Waals surface area contributed by atoms with Gasteiger partial charge in [-0.05, 0) is 24.3 Å². The van der Waals surface area contributed by atoms with E-state index in [0.717, 1.165) is 31.9 Å². The number of ether oxygens (including phenoxy) is 1. The highest BCUT2D eigenvalue weighted by molar-refractivity contribution is 5.49. The van der Waals surface area contributed by atoms with E-state index in [0.29, 0.717) is 6.01 Å². The summed E-state index contributed by atoms with van der Waals surface area (Å²) in [4.78, 5) is 6.52. The van der Waals surface area contributed by atoms with E-state index in [1.54, 1.807) is 6.20 Å². The lowest BCUT2D eigenvalue weighted by Crippen LogP contribution is -2.43. The van der Waals surface area contributed by atoms with Crippen LogP contribution in [0.25, 0.3) is 0 Å². The van der Waals surface area contributed by atoms with Crippen LogP contribution in [0, 0.1) is 0 Å². The van der Waals surface area contributed by atoms with Crippen molar-refractivity contribution in [2.75, 3.05) is 31.1 Å². The van der Waals surface area contributed by atoms with Crippen LogP contribution in [0.15, 0.2) is 36.7 Å². The lowest BCUT2D eigenvalue weighted by atomic mass is 10.2. The third kappa shape index (κ3) is 2.71. The van der Waals surface area contributed by atoms with E-state index in [4.69, 9.17) is 4.74 Å². The third-order valence-electron chi connectivity index (χ3n) is 3.30. The Kier molecular flexibility index (Phi) is 3.37. The molecule has 100 valence electrons. The van der Waals surface area contributed by atoms with Crippen LogP contribution in [0.4, 0.5) is 5.69 Å². The smallest absolute Gasteiger partial charge is 0.301 e. The van der Waals surface area contributed by atoms with Crippen molar-refractivity contribution in [3.63, 3.8) is 0 Å². The van der Waals surface area contributed by atoms with Crippen LogP contribution in [0.5, 0.6) is 11.8 Å². The summed E-state index contributed by atoms with van der Waals surface area (Å²) >= 11 is 0. The topological polar surface area (TPSA) is 42.3 Å². The maximum absolute atomic E-state index is 5.71. The Morgan fingerprint density at radius 1 is 1.16 bits per heavy atom. The molecule has 0 unspecified atom stereocenters. The number of imidazole rings is 1. The van der Waals surface area contributed by atoms with Gasteiger partial charge in [0.25, 0.3) is 0 Å². The van der Waals surface area contributed by atoms with Crippen LogP contribution in [-0.4, -0.2) is 35.7 Å². The first-order valence-electron chi connectivity index (χ1n) is 6.54. The van der Waals surface area contributed by atoms with Crippen LogP contribution >= 0.6 is 0 Å². The van der Waals surface area contributed by atoms with Gasteiger partial charge in [-0.3, -0.25) is 0 Å². The van der Waals surface area contributed by atoms with Gasteiger partial charge >= 0.3 is 6.01 Å². The van der Waals surface area contributed by atoms with E-state index in [-0.39, 0.29) is 0 Å². The molecule has 0 atom stereocenters. The minimum absolute atomic E-state index is 0.606. The van der Waals surface area contributed by atoms with Gasteiger partial charge in [0.05, 0.1) is 0 Å². The summed E-state index contributed by atoms with van der Waals surface area (Å²) in [6.07, 6.45) is 3.59. The lowest BCUT2D eigenvalue weighted by molar-refractivity contribution is 0.425. The number of piperazine rings is 1. The molecule has 5 heteroatoms. The Balaban J connectivity index is 1.70. The molecule has 1 aromatic carbocycles. The fraction of sp³-hybridized carbons (Fsp3) is 0.357. The summed E-state index contributed by atoms with van der Waals surface area (Å²) in [5, 5.41) is 3.35. The van der Waals surface area contributed by atoms with Crippen molar-refractivity contribution in [2.45, 2.75) is 0 Å². The zero-order valence-corrected chi connectivity index (χ0v) is 11.0. The lowest BCUT2D eigenvalue weighted by Gasteiger charge is -2.29. The highest BCUT2D eigenvalue weighted by Gasteiger charge is 2.10. The Labute approximate surface area is 112 Å². The number of aryl methyl sites for hydroxylation is 1. The fourth-order valence-corrected chi connectivity index (χ4v) is 2.20.